The van der Waals surface area contributed by atoms with Crippen LogP contribution >= 0.6 is 0 Å². The molecule has 0 fully saturated rings. The Morgan fingerprint density at radius 1 is 0.857 bits per heavy atom. The van der Waals surface area contributed by atoms with Gasteiger partial charge in [0.25, 0.3) is 0 Å². The fourth-order valence-corrected chi connectivity index (χ4v) is 5.32. The Kier molecular flexibility index (Phi) is 10.7. The van der Waals surface area contributed by atoms with E-state index < -0.39 is 29.4 Å². The molecule has 2 aromatic heterocycles. The van der Waals surface area contributed by atoms with Gasteiger partial charge in [0, 0.05) is 36.0 Å². The number of aliphatic imine (C=N–C) groups is 1. The Labute approximate surface area is 285 Å². The van der Waals surface area contributed by atoms with Crippen LogP contribution in [0.3, 0.4) is 0 Å². The number of nitrogens with two attached hydrogens (primary N) is 1. The van der Waals surface area contributed by atoms with Gasteiger partial charge in [-0.15, -0.1) is 0 Å². The Morgan fingerprint density at radius 2 is 1.45 bits per heavy atom. The fraction of sp³-hybridized carbons (Fsp3) is 0.205. The van der Waals surface area contributed by atoms with Crippen LogP contribution in [0.15, 0.2) is 127 Å². The van der Waals surface area contributed by atoms with Gasteiger partial charge in [0.1, 0.15) is 18.7 Å². The summed E-state index contributed by atoms with van der Waals surface area (Å²) in [4.78, 5) is 46.3. The first-order valence-electron chi connectivity index (χ1n) is 15.8. The molecule has 5 rings (SSSR count). The van der Waals surface area contributed by atoms with Crippen LogP contribution in [0, 0.1) is 5.41 Å². The molecule has 0 aliphatic heterocycles. The third kappa shape index (κ3) is 9.07. The van der Waals surface area contributed by atoms with Crippen molar-refractivity contribution >= 4 is 29.4 Å². The highest BCUT2D eigenvalue weighted by Crippen LogP contribution is 2.30. The van der Waals surface area contributed by atoms with E-state index >= 15 is 0 Å². The van der Waals surface area contributed by atoms with Gasteiger partial charge in [0.05, 0.1) is 6.42 Å². The number of hydrogen-bond donors (Lipinski definition) is 3. The molecule has 0 unspecified atom stereocenters. The summed E-state index contributed by atoms with van der Waals surface area (Å²) in [5.41, 5.74) is 10.3. The van der Waals surface area contributed by atoms with Crippen molar-refractivity contribution in [3.63, 3.8) is 0 Å². The van der Waals surface area contributed by atoms with Crippen molar-refractivity contribution in [2.45, 2.75) is 45.9 Å². The molecular weight excluding hydrogens is 618 g/mol. The van der Waals surface area contributed by atoms with E-state index in [4.69, 9.17) is 15.5 Å². The predicted molar refractivity (Wildman–Crippen MR) is 190 cm³/mol. The largest absolute Gasteiger partial charge is 0.481 e. The average molecular weight is 658 g/mol. The number of carbonyl (C=O) groups is 3. The minimum Gasteiger partial charge on any atom is -0.481 e. The van der Waals surface area contributed by atoms with E-state index in [1.54, 1.807) is 47.4 Å². The lowest BCUT2D eigenvalue weighted by molar-refractivity contribution is -0.137. The van der Waals surface area contributed by atoms with Gasteiger partial charge in [0.2, 0.25) is 17.7 Å². The second-order valence-corrected chi connectivity index (χ2v) is 12.7. The van der Waals surface area contributed by atoms with Crippen LogP contribution in [0.4, 0.5) is 5.69 Å². The second-order valence-electron chi connectivity index (χ2n) is 12.7. The lowest BCUT2D eigenvalue weighted by Crippen LogP contribution is -2.39. The van der Waals surface area contributed by atoms with Crippen molar-refractivity contribution < 1.29 is 24.2 Å². The zero-order chi connectivity index (χ0) is 35.0. The van der Waals surface area contributed by atoms with Gasteiger partial charge >= 0.3 is 5.97 Å². The van der Waals surface area contributed by atoms with Crippen LogP contribution in [0.2, 0.25) is 0 Å². The van der Waals surface area contributed by atoms with Crippen LogP contribution in [-0.4, -0.2) is 44.4 Å². The maximum absolute atomic E-state index is 13.7. The molecule has 2 heterocycles. The van der Waals surface area contributed by atoms with Gasteiger partial charge in [0.15, 0.2) is 0 Å². The molecule has 3 aromatic carbocycles. The van der Waals surface area contributed by atoms with E-state index in [9.17, 15) is 19.5 Å². The second kappa shape index (κ2) is 15.2. The van der Waals surface area contributed by atoms with Gasteiger partial charge in [-0.05, 0) is 63.6 Å². The molecule has 0 saturated carbocycles. The highest BCUT2D eigenvalue weighted by molar-refractivity contribution is 5.97. The lowest BCUT2D eigenvalue weighted by atomic mass is 9.86. The minimum atomic E-state index is -1.04. The first kappa shape index (κ1) is 34.3. The Morgan fingerprint density at radius 3 is 2.02 bits per heavy atom. The zero-order valence-electron chi connectivity index (χ0n) is 27.6. The first-order valence-corrected chi connectivity index (χ1v) is 15.8. The van der Waals surface area contributed by atoms with E-state index in [-0.39, 0.29) is 24.8 Å². The molecule has 0 radical (unpaired) electrons. The number of carbonyl (C=O) groups excluding carboxylic acids is 2. The van der Waals surface area contributed by atoms with Crippen molar-refractivity contribution in [3.05, 3.63) is 133 Å². The number of anilines is 1. The fourth-order valence-electron chi connectivity index (χ4n) is 5.32. The van der Waals surface area contributed by atoms with Crippen molar-refractivity contribution in [3.8, 4) is 22.3 Å². The number of carboxylic acids is 1. The van der Waals surface area contributed by atoms with Gasteiger partial charge < -0.3 is 25.5 Å². The Hall–Kier alpha value is -6.03. The molecule has 5 aromatic rings. The molecule has 0 aliphatic rings. The number of primary amides is 1. The van der Waals surface area contributed by atoms with Crippen LogP contribution in [0.5, 0.6) is 0 Å². The van der Waals surface area contributed by atoms with Gasteiger partial charge in [-0.2, -0.15) is 0 Å². The van der Waals surface area contributed by atoms with Crippen molar-refractivity contribution in [2.24, 2.45) is 16.1 Å². The molecule has 0 saturated heterocycles. The summed E-state index contributed by atoms with van der Waals surface area (Å²) in [6, 6.07) is 28.0. The van der Waals surface area contributed by atoms with E-state index in [1.807, 2.05) is 99.8 Å². The minimum absolute atomic E-state index is 0.132. The number of nitrogens with one attached hydrogen (secondary N) is 1. The normalized spacial score (nSPS) is 12.9. The molecule has 250 valence electrons. The van der Waals surface area contributed by atoms with E-state index in [1.165, 1.54) is 0 Å². The summed E-state index contributed by atoms with van der Waals surface area (Å²) in [5, 5.41) is 13.0. The standard InChI is InChI=1S/C39H39N5O5/c1-39(2,3)35(37(48)42-32-17-20-41-21-18-32)43-38(49-25-26-7-5-4-6-8-26)33(23-34(45)46)44-22-19-31(24-44)29-11-9-27(10-12-29)28-13-15-30(16-14-28)36(40)47/h4-22,24,33,35H,23,25H2,1-3H3,(H2,40,47)(H,45,46)(H,41,42,48)/t33-,35-/m1/s1. The molecule has 0 spiro atoms. The highest BCUT2D eigenvalue weighted by atomic mass is 16.5. The zero-order valence-corrected chi connectivity index (χ0v) is 27.6. The topological polar surface area (TPSA) is 149 Å². The number of hydrogen-bond acceptors (Lipinski definition) is 6. The lowest BCUT2D eigenvalue weighted by Gasteiger charge is -2.29. The highest BCUT2D eigenvalue weighted by Gasteiger charge is 2.34. The van der Waals surface area contributed by atoms with Crippen LogP contribution in [0.25, 0.3) is 22.3 Å². The number of carboxylic acid groups (broad SMARTS) is 1. The summed E-state index contributed by atoms with van der Waals surface area (Å²) in [6.07, 6.45) is 6.49. The monoisotopic (exact) mass is 657 g/mol. The van der Waals surface area contributed by atoms with E-state index in [0.717, 1.165) is 27.8 Å². The molecule has 4 N–H and O–H groups in total. The van der Waals surface area contributed by atoms with Crippen LogP contribution in [0.1, 0.15) is 49.2 Å². The molecule has 2 amide bonds. The number of amides is 2. The average Bonchev–Trinajstić information content (AvgIpc) is 3.58. The Bertz CT molecular complexity index is 1910. The third-order valence-electron chi connectivity index (χ3n) is 7.95. The maximum atomic E-state index is 13.7. The van der Waals surface area contributed by atoms with Gasteiger partial charge in [-0.25, -0.2) is 4.99 Å². The number of nitrogens with zero attached hydrogens (tertiary/aromatic N) is 3. The van der Waals surface area contributed by atoms with E-state index in [2.05, 4.69) is 10.3 Å². The maximum Gasteiger partial charge on any atom is 0.305 e. The third-order valence-corrected chi connectivity index (χ3v) is 7.95. The molecule has 49 heavy (non-hydrogen) atoms. The first-order chi connectivity index (χ1) is 23.5. The smallest absolute Gasteiger partial charge is 0.305 e. The SMILES string of the molecule is CC(C)(C)[C@H](N=C(OCc1ccccc1)[C@@H](CC(=O)O)n1ccc(-c2ccc(-c3ccc(C(N)=O)cc3)cc2)c1)C(=O)Nc1ccncc1. The molecule has 0 bridgehead atoms. The Balaban J connectivity index is 1.49. The summed E-state index contributed by atoms with van der Waals surface area (Å²) >= 11 is 0. The predicted octanol–water partition coefficient (Wildman–Crippen LogP) is 7.00. The summed E-state index contributed by atoms with van der Waals surface area (Å²) in [6.45, 7) is 5.84. The molecule has 0 aliphatic carbocycles. The van der Waals surface area contributed by atoms with Crippen molar-refractivity contribution in [1.82, 2.24) is 9.55 Å². The summed E-state index contributed by atoms with van der Waals surface area (Å²) in [5.74, 6) is -1.75. The van der Waals surface area contributed by atoms with E-state index in [0.29, 0.717) is 11.3 Å². The number of rotatable bonds is 12. The van der Waals surface area contributed by atoms with Crippen LogP contribution in [-0.2, 0) is 20.9 Å². The van der Waals surface area contributed by atoms with Gasteiger partial charge in [-0.1, -0.05) is 87.5 Å². The number of benzene rings is 3. The van der Waals surface area contributed by atoms with Gasteiger partial charge in [-0.3, -0.25) is 19.4 Å². The molecule has 10 nitrogen and oxygen atoms in total. The molecular formula is C39H39N5O5. The number of ether oxygens (including phenoxy) is 1. The van der Waals surface area contributed by atoms with Crippen LogP contribution < -0.4 is 11.1 Å². The summed E-state index contributed by atoms with van der Waals surface area (Å²) in [7, 11) is 0. The number of aliphatic carboxylic acids is 1. The number of pyridine rings is 1. The van der Waals surface area contributed by atoms with Crippen molar-refractivity contribution in [1.29, 1.82) is 0 Å². The quantitative estimate of drug-likeness (QED) is 0.0972. The molecule has 10 heteroatoms. The van der Waals surface area contributed by atoms with Crippen molar-refractivity contribution in [2.75, 3.05) is 5.32 Å². The summed E-state index contributed by atoms with van der Waals surface area (Å²) < 4.78 is 8.09. The molecule has 2 atom stereocenters. The number of aromatic nitrogens is 2.